The molecule has 2 N–H and O–H groups in total. The average molecular weight is 543 g/mol. The van der Waals surface area contributed by atoms with Gasteiger partial charge in [-0.1, -0.05) is 24.3 Å². The van der Waals surface area contributed by atoms with E-state index in [0.29, 0.717) is 32.8 Å². The van der Waals surface area contributed by atoms with Gasteiger partial charge in [-0.05, 0) is 24.3 Å². The van der Waals surface area contributed by atoms with Gasteiger partial charge in [0.1, 0.15) is 0 Å². The maximum atomic E-state index is 12.7. The van der Waals surface area contributed by atoms with Gasteiger partial charge in [0.2, 0.25) is 10.0 Å². The number of aliphatic imine (C=N–C) groups is 1. The lowest BCUT2D eigenvalue weighted by atomic mass is 10.1. The number of guanidine groups is 1. The molecule has 1 saturated heterocycles. The summed E-state index contributed by atoms with van der Waals surface area (Å²) in [6.07, 6.45) is 2.07. The van der Waals surface area contributed by atoms with Crippen molar-refractivity contribution >= 4 is 51.7 Å². The highest BCUT2D eigenvalue weighted by molar-refractivity contribution is 14.0. The summed E-state index contributed by atoms with van der Waals surface area (Å²) in [5.74, 6) is 1.74. The Labute approximate surface area is 190 Å². The molecule has 0 unspecified atom stereocenters. The van der Waals surface area contributed by atoms with Crippen LogP contribution in [-0.4, -0.2) is 70.1 Å². The van der Waals surface area contributed by atoms with E-state index in [1.807, 2.05) is 31.2 Å². The molecule has 1 aliphatic rings. The standard InChI is InChI=1S/C18H30N4O3S2.HI/c1-3-19-18(20-8-13-26-2)21-14-16-6-4-5-7-17(16)15-27(23,24)22-9-11-25-12-10-22;/h4-7H,3,8-15H2,1-2H3,(H2,19,20,21);1H. The third kappa shape index (κ3) is 8.44. The molecular formula is C18H31IN4O3S2. The molecule has 160 valence electrons. The van der Waals surface area contributed by atoms with E-state index >= 15 is 0 Å². The number of benzene rings is 1. The van der Waals surface area contributed by atoms with Gasteiger partial charge in [-0.2, -0.15) is 16.1 Å². The fraction of sp³-hybridized carbons (Fsp3) is 0.611. The fourth-order valence-electron chi connectivity index (χ4n) is 2.74. The zero-order chi connectivity index (χ0) is 19.5. The van der Waals surface area contributed by atoms with Crippen LogP contribution in [0.15, 0.2) is 29.3 Å². The molecule has 0 radical (unpaired) electrons. The largest absolute Gasteiger partial charge is 0.379 e. The first-order valence-corrected chi connectivity index (χ1v) is 12.2. The first-order chi connectivity index (χ1) is 13.1. The van der Waals surface area contributed by atoms with Gasteiger partial charge in [0.15, 0.2) is 5.96 Å². The molecule has 7 nitrogen and oxygen atoms in total. The van der Waals surface area contributed by atoms with Crippen LogP contribution in [0.2, 0.25) is 0 Å². The Hall–Kier alpha value is -0.560. The molecule has 0 aromatic heterocycles. The summed E-state index contributed by atoms with van der Waals surface area (Å²) in [7, 11) is -3.35. The van der Waals surface area contributed by atoms with E-state index in [2.05, 4.69) is 21.9 Å². The number of halogens is 1. The Kier molecular flexibility index (Phi) is 12.4. The highest BCUT2D eigenvalue weighted by Gasteiger charge is 2.25. The maximum absolute atomic E-state index is 12.7. The van der Waals surface area contributed by atoms with Crippen LogP contribution in [0, 0.1) is 0 Å². The Bertz CT molecular complexity index is 711. The molecule has 28 heavy (non-hydrogen) atoms. The summed E-state index contributed by atoms with van der Waals surface area (Å²) < 4.78 is 32.2. The minimum absolute atomic E-state index is 0. The van der Waals surface area contributed by atoms with E-state index in [4.69, 9.17) is 4.74 Å². The van der Waals surface area contributed by atoms with Crippen molar-refractivity contribution in [3.63, 3.8) is 0 Å². The van der Waals surface area contributed by atoms with Gasteiger partial charge in [0.05, 0.1) is 25.5 Å². The zero-order valence-corrected chi connectivity index (χ0v) is 20.5. The van der Waals surface area contributed by atoms with Crippen molar-refractivity contribution in [3.8, 4) is 0 Å². The first kappa shape index (κ1) is 25.5. The summed E-state index contributed by atoms with van der Waals surface area (Å²) in [6, 6.07) is 7.61. The third-order valence-corrected chi connectivity index (χ3v) is 6.61. The van der Waals surface area contributed by atoms with Gasteiger partial charge in [-0.25, -0.2) is 13.4 Å². The molecule has 0 bridgehead atoms. The van der Waals surface area contributed by atoms with Crippen LogP contribution < -0.4 is 10.6 Å². The van der Waals surface area contributed by atoms with Crippen LogP contribution in [0.25, 0.3) is 0 Å². The SMILES string of the molecule is CCNC(=NCc1ccccc1CS(=O)(=O)N1CCOCC1)NCCSC.I. The van der Waals surface area contributed by atoms with Crippen LogP contribution in [-0.2, 0) is 27.1 Å². The minimum atomic E-state index is -3.35. The van der Waals surface area contributed by atoms with E-state index in [-0.39, 0.29) is 29.7 Å². The van der Waals surface area contributed by atoms with Gasteiger partial charge in [-0.15, -0.1) is 24.0 Å². The summed E-state index contributed by atoms with van der Waals surface area (Å²) in [4.78, 5) is 4.62. The molecule has 1 aromatic rings. The number of sulfonamides is 1. The quantitative estimate of drug-likeness (QED) is 0.215. The number of ether oxygens (including phenoxy) is 1. The number of thioether (sulfide) groups is 1. The molecule has 0 amide bonds. The fourth-order valence-corrected chi connectivity index (χ4v) is 4.61. The summed E-state index contributed by atoms with van der Waals surface area (Å²) in [5, 5.41) is 6.51. The van der Waals surface area contributed by atoms with E-state index in [1.165, 1.54) is 4.31 Å². The van der Waals surface area contributed by atoms with Crippen molar-refractivity contribution in [1.29, 1.82) is 0 Å². The highest BCUT2D eigenvalue weighted by atomic mass is 127. The molecule has 1 aromatic carbocycles. The number of rotatable bonds is 9. The molecule has 10 heteroatoms. The zero-order valence-electron chi connectivity index (χ0n) is 16.5. The molecule has 0 aliphatic carbocycles. The van der Waals surface area contributed by atoms with Gasteiger partial charge in [0, 0.05) is 31.9 Å². The Morgan fingerprint density at radius 2 is 1.89 bits per heavy atom. The molecule has 1 heterocycles. The Morgan fingerprint density at radius 3 is 2.54 bits per heavy atom. The van der Waals surface area contributed by atoms with Gasteiger partial charge in [0.25, 0.3) is 0 Å². The predicted octanol–water partition coefficient (Wildman–Crippen LogP) is 1.88. The first-order valence-electron chi connectivity index (χ1n) is 9.20. The van der Waals surface area contributed by atoms with Crippen LogP contribution in [0.1, 0.15) is 18.1 Å². The molecule has 2 rings (SSSR count). The third-order valence-electron chi connectivity index (χ3n) is 4.17. The summed E-state index contributed by atoms with van der Waals surface area (Å²) >= 11 is 1.77. The smallest absolute Gasteiger partial charge is 0.218 e. The van der Waals surface area contributed by atoms with E-state index in [1.54, 1.807) is 11.8 Å². The maximum Gasteiger partial charge on any atom is 0.218 e. The van der Waals surface area contributed by atoms with Crippen molar-refractivity contribution in [2.24, 2.45) is 4.99 Å². The number of nitrogens with one attached hydrogen (secondary N) is 2. The summed E-state index contributed by atoms with van der Waals surface area (Å²) in [5.41, 5.74) is 1.73. The number of morpholine rings is 1. The van der Waals surface area contributed by atoms with Crippen molar-refractivity contribution < 1.29 is 13.2 Å². The molecule has 0 atom stereocenters. The lowest BCUT2D eigenvalue weighted by Crippen LogP contribution is -2.41. The van der Waals surface area contributed by atoms with Crippen molar-refractivity contribution in [3.05, 3.63) is 35.4 Å². The topological polar surface area (TPSA) is 83.0 Å². The molecule has 1 aliphatic heterocycles. The van der Waals surface area contributed by atoms with Gasteiger partial charge in [-0.3, -0.25) is 0 Å². The second-order valence-electron chi connectivity index (χ2n) is 6.15. The van der Waals surface area contributed by atoms with E-state index < -0.39 is 10.0 Å². The number of nitrogens with zero attached hydrogens (tertiary/aromatic N) is 2. The lowest BCUT2D eigenvalue weighted by molar-refractivity contribution is 0.0729. The molecule has 0 spiro atoms. The second-order valence-corrected chi connectivity index (χ2v) is 9.11. The van der Waals surface area contributed by atoms with Crippen LogP contribution in [0.5, 0.6) is 0 Å². The normalized spacial score (nSPS) is 15.7. The second kappa shape index (κ2) is 13.6. The van der Waals surface area contributed by atoms with Crippen molar-refractivity contribution in [2.75, 3.05) is 51.4 Å². The number of hydrogen-bond donors (Lipinski definition) is 2. The predicted molar refractivity (Wildman–Crippen MR) is 128 cm³/mol. The Balaban J connectivity index is 0.00000392. The Morgan fingerprint density at radius 1 is 1.21 bits per heavy atom. The van der Waals surface area contributed by atoms with Crippen LogP contribution >= 0.6 is 35.7 Å². The molecular weight excluding hydrogens is 511 g/mol. The van der Waals surface area contributed by atoms with Crippen molar-refractivity contribution in [2.45, 2.75) is 19.2 Å². The van der Waals surface area contributed by atoms with Gasteiger partial charge < -0.3 is 15.4 Å². The van der Waals surface area contributed by atoms with E-state index in [0.717, 1.165) is 35.9 Å². The molecule has 1 fully saturated rings. The van der Waals surface area contributed by atoms with E-state index in [9.17, 15) is 8.42 Å². The monoisotopic (exact) mass is 542 g/mol. The highest BCUT2D eigenvalue weighted by Crippen LogP contribution is 2.17. The van der Waals surface area contributed by atoms with Crippen molar-refractivity contribution in [1.82, 2.24) is 14.9 Å². The van der Waals surface area contributed by atoms with Gasteiger partial charge >= 0.3 is 0 Å². The summed E-state index contributed by atoms with van der Waals surface area (Å²) in [6.45, 7) is 5.83. The molecule has 0 saturated carbocycles. The number of hydrogen-bond acceptors (Lipinski definition) is 5. The average Bonchev–Trinajstić information content (AvgIpc) is 2.68. The van der Waals surface area contributed by atoms with Crippen LogP contribution in [0.3, 0.4) is 0 Å². The van der Waals surface area contributed by atoms with Crippen LogP contribution in [0.4, 0.5) is 0 Å². The minimum Gasteiger partial charge on any atom is -0.379 e. The lowest BCUT2D eigenvalue weighted by Gasteiger charge is -2.26.